The topological polar surface area (TPSA) is 284 Å². The van der Waals surface area contributed by atoms with E-state index in [-0.39, 0.29) is 90.1 Å². The summed E-state index contributed by atoms with van der Waals surface area (Å²) in [6, 6.07) is 0. The Labute approximate surface area is 463 Å². The second-order valence-electron chi connectivity index (χ2n) is 20.0. The molecule has 456 valence electrons. The molecule has 24 nitrogen and oxygen atoms in total. The number of rotatable bonds is 19. The number of cyclic esters (lactones) is 5. The maximum atomic E-state index is 11.3. The van der Waals surface area contributed by atoms with E-state index in [9.17, 15) is 38.4 Å². The molecule has 78 heavy (non-hydrogen) atoms. The van der Waals surface area contributed by atoms with Gasteiger partial charge in [0.2, 0.25) is 0 Å². The molecule has 0 radical (unpaired) electrons. The number of hydrogen-bond acceptors (Lipinski definition) is 24. The molecule has 5 unspecified atom stereocenters. The fourth-order valence-corrected chi connectivity index (χ4v) is 5.59. The molecule has 5 heterocycles. The van der Waals surface area contributed by atoms with Crippen molar-refractivity contribution < 1.29 is 114 Å². The van der Waals surface area contributed by atoms with Crippen LogP contribution in [-0.2, 0) is 114 Å². The normalized spacial score (nSPS) is 20.7. The molecule has 0 bridgehead atoms. The highest BCUT2D eigenvalue weighted by atomic mass is 16.6. The summed E-state index contributed by atoms with van der Waals surface area (Å²) in [5.74, 6) is -1.47. The van der Waals surface area contributed by atoms with Gasteiger partial charge in [0, 0.05) is 75.1 Å². The van der Waals surface area contributed by atoms with Gasteiger partial charge >= 0.3 is 47.8 Å². The second-order valence-corrected chi connectivity index (χ2v) is 20.0. The van der Waals surface area contributed by atoms with Crippen LogP contribution in [0.3, 0.4) is 0 Å². The summed E-state index contributed by atoms with van der Waals surface area (Å²) in [4.78, 5) is 86.2. The third-order valence-corrected chi connectivity index (χ3v) is 11.1. The Morgan fingerprint density at radius 3 is 1.49 bits per heavy atom. The van der Waals surface area contributed by atoms with Gasteiger partial charge in [-0.05, 0) is 66.7 Å². The molecule has 0 aromatic rings. The fourth-order valence-electron chi connectivity index (χ4n) is 5.59. The van der Waals surface area contributed by atoms with E-state index in [1.54, 1.807) is 62.9 Å². The summed E-state index contributed by atoms with van der Waals surface area (Å²) in [6.45, 7) is 27.5. The molecule has 0 saturated carbocycles. The average Bonchev–Trinajstić information content (AvgIpc) is 4.26. The van der Waals surface area contributed by atoms with E-state index < -0.39 is 16.8 Å². The number of carbonyl (C=O) groups is 8. The first-order valence-corrected chi connectivity index (χ1v) is 25.6. The van der Waals surface area contributed by atoms with Crippen molar-refractivity contribution in [1.82, 2.24) is 0 Å². The Hall–Kier alpha value is -4.82. The lowest BCUT2D eigenvalue weighted by atomic mass is 9.90. The number of ether oxygens (including phenoxy) is 16. The lowest BCUT2D eigenvalue weighted by molar-refractivity contribution is -0.166. The predicted molar refractivity (Wildman–Crippen MR) is 282 cm³/mol. The summed E-state index contributed by atoms with van der Waals surface area (Å²) >= 11 is 0. The Kier molecular flexibility index (Phi) is 41.8. The van der Waals surface area contributed by atoms with E-state index in [4.69, 9.17) is 66.3 Å². The zero-order chi connectivity index (χ0) is 60.7. The number of hydrogen-bond donors (Lipinski definition) is 0. The van der Waals surface area contributed by atoms with Crippen molar-refractivity contribution in [2.24, 2.45) is 17.3 Å². The highest BCUT2D eigenvalue weighted by Gasteiger charge is 2.43. The quantitative estimate of drug-likeness (QED) is 0.0920. The predicted octanol–water partition coefficient (Wildman–Crippen LogP) is 5.13. The summed E-state index contributed by atoms with van der Waals surface area (Å²) < 4.78 is 77.1. The zero-order valence-electron chi connectivity index (χ0n) is 50.2. The van der Waals surface area contributed by atoms with Gasteiger partial charge < -0.3 is 75.8 Å². The molecular formula is C54H96O24. The fraction of sp³-hybridized carbons (Fsp3) is 0.815. The minimum atomic E-state index is -0.858. The van der Waals surface area contributed by atoms with Crippen LogP contribution in [0.2, 0.25) is 0 Å². The second kappa shape index (κ2) is 42.1. The maximum absolute atomic E-state index is 11.3. The van der Waals surface area contributed by atoms with E-state index in [0.29, 0.717) is 78.0 Å². The van der Waals surface area contributed by atoms with Crippen molar-refractivity contribution in [3.8, 4) is 0 Å². The molecular weight excluding hydrogens is 1030 g/mol. The maximum Gasteiger partial charge on any atom is 0.338 e. The molecule has 0 N–H and O–H groups in total. The minimum absolute atomic E-state index is 0.00231. The molecule has 0 amide bonds. The van der Waals surface area contributed by atoms with Gasteiger partial charge in [-0.15, -0.1) is 0 Å². The number of methoxy groups -OCH3 is 8. The van der Waals surface area contributed by atoms with Crippen LogP contribution < -0.4 is 0 Å². The van der Waals surface area contributed by atoms with Gasteiger partial charge in [-0.25, -0.2) is 24.0 Å². The summed E-state index contributed by atoms with van der Waals surface area (Å²) in [5.41, 5.74) is -2.65. The first-order valence-electron chi connectivity index (χ1n) is 25.6. The highest BCUT2D eigenvalue weighted by Crippen LogP contribution is 2.30. The summed E-state index contributed by atoms with van der Waals surface area (Å²) in [7, 11) is 12.3. The van der Waals surface area contributed by atoms with Gasteiger partial charge in [-0.3, -0.25) is 14.4 Å². The molecule has 5 aliphatic rings. The molecule has 5 fully saturated rings. The van der Waals surface area contributed by atoms with Crippen LogP contribution in [0.1, 0.15) is 115 Å². The average molecular weight is 1130 g/mol. The van der Waals surface area contributed by atoms with Crippen molar-refractivity contribution in [3.63, 3.8) is 0 Å². The molecule has 5 rings (SSSR count). The van der Waals surface area contributed by atoms with E-state index in [0.717, 1.165) is 19.3 Å². The Balaban J connectivity index is -0.000000826. The molecule has 24 heteroatoms. The van der Waals surface area contributed by atoms with Crippen molar-refractivity contribution in [2.75, 3.05) is 116 Å². The van der Waals surface area contributed by atoms with Crippen LogP contribution in [0.15, 0.2) is 12.7 Å². The Bertz CT molecular complexity index is 1740. The van der Waals surface area contributed by atoms with Crippen LogP contribution in [0.4, 0.5) is 0 Å². The van der Waals surface area contributed by atoms with E-state index >= 15 is 0 Å². The van der Waals surface area contributed by atoms with Crippen molar-refractivity contribution in [3.05, 3.63) is 12.7 Å². The molecule has 0 spiro atoms. The monoisotopic (exact) mass is 1130 g/mol. The third-order valence-electron chi connectivity index (χ3n) is 11.1. The first kappa shape index (κ1) is 77.4. The van der Waals surface area contributed by atoms with Crippen LogP contribution in [0, 0.1) is 17.3 Å². The van der Waals surface area contributed by atoms with Gasteiger partial charge in [0.1, 0.15) is 25.4 Å². The molecule has 5 atom stereocenters. The summed E-state index contributed by atoms with van der Waals surface area (Å²) in [5, 5.41) is 0. The van der Waals surface area contributed by atoms with Crippen molar-refractivity contribution in [1.29, 1.82) is 0 Å². The smallest absolute Gasteiger partial charge is 0.338 e. The number of carbonyl (C=O) groups excluding carboxylic acids is 8. The highest BCUT2D eigenvalue weighted by molar-refractivity contribution is 5.80. The van der Waals surface area contributed by atoms with Gasteiger partial charge in [-0.2, -0.15) is 0 Å². The largest absolute Gasteiger partial charge is 0.465 e. The Morgan fingerprint density at radius 2 is 1.18 bits per heavy atom. The third kappa shape index (κ3) is 34.2. The SMILES string of the molecule is C=CCOC(=O)C(C)(C)OC.CCCOC(=O)C(C)(C)OC.COC(C)(C)C(=O)OCC(C)C.COC1C(=O)OCC1(C)C.COC1CCOC1=O.COC1COC(=O)C1.COCC1CCC(=O)O1.COCC1CCOC1=O. The first-order chi connectivity index (χ1) is 36.4. The molecule has 5 aliphatic heterocycles. The van der Waals surface area contributed by atoms with Gasteiger partial charge in [0.15, 0.2) is 29.0 Å². The van der Waals surface area contributed by atoms with Gasteiger partial charge in [0.25, 0.3) is 0 Å². The number of esters is 8. The zero-order valence-corrected chi connectivity index (χ0v) is 50.2. The van der Waals surface area contributed by atoms with Crippen molar-refractivity contribution in [2.45, 2.75) is 156 Å². The molecule has 0 aromatic heterocycles. The van der Waals surface area contributed by atoms with Crippen LogP contribution >= 0.6 is 0 Å². The lowest BCUT2D eigenvalue weighted by Gasteiger charge is -2.21. The molecule has 0 aliphatic carbocycles. The lowest BCUT2D eigenvalue weighted by Crippen LogP contribution is -2.36. The van der Waals surface area contributed by atoms with Gasteiger partial charge in [0.05, 0.1) is 58.6 Å². The van der Waals surface area contributed by atoms with Crippen LogP contribution in [0.5, 0.6) is 0 Å². The molecule has 5 saturated heterocycles. The van der Waals surface area contributed by atoms with Crippen molar-refractivity contribution >= 4 is 47.8 Å². The van der Waals surface area contributed by atoms with E-state index in [1.807, 2.05) is 34.6 Å². The Morgan fingerprint density at radius 1 is 0.654 bits per heavy atom. The minimum Gasteiger partial charge on any atom is -0.465 e. The summed E-state index contributed by atoms with van der Waals surface area (Å²) in [6.07, 6.45) is 4.99. The molecule has 0 aromatic carbocycles. The van der Waals surface area contributed by atoms with Crippen LogP contribution in [-0.4, -0.2) is 205 Å². The van der Waals surface area contributed by atoms with E-state index in [2.05, 4.69) is 16.1 Å². The standard InChI is InChI=1S/C9H18O3.C8H16O3.C8H14O3.C7H12O3.2C6H10O3.2C5H8O3/c1-7(2)6-12-8(10)9(3,4)11-5;2*1-5-6-11-7(9)8(2,3)10-4;1-7(2)4-10-6(8)5(7)9-3;1-8-4-5-2-3-9-6(5)7;1-8-4-5-2-3-6(7)9-5;1-7-4-2-5(6)8-3-4;1-7-4-2-3-8-5(4)6/h7H,6H2,1-5H3;5-6H2,1-4H3;5H,1,6H2,2-4H3;5H,4H2,1-3H3;2*5H,2-4H2,1H3;2*4H,2-3H2,1H3. The van der Waals surface area contributed by atoms with E-state index in [1.165, 1.54) is 41.6 Å². The van der Waals surface area contributed by atoms with Crippen LogP contribution in [0.25, 0.3) is 0 Å². The van der Waals surface area contributed by atoms with Gasteiger partial charge in [-0.1, -0.05) is 47.3 Å².